The molecule has 4 heteroatoms. The largest absolute Gasteiger partial charge is 0.350 e. The Kier molecular flexibility index (Phi) is 3.94. The number of hydrogen-bond acceptors (Lipinski definition) is 3. The summed E-state index contributed by atoms with van der Waals surface area (Å²) in [6.45, 7) is 2.79. The zero-order valence-electron chi connectivity index (χ0n) is 11.6. The number of amides is 1. The summed E-state index contributed by atoms with van der Waals surface area (Å²) in [7, 11) is 0. The third kappa shape index (κ3) is 2.67. The second-order valence-electron chi connectivity index (χ2n) is 5.64. The van der Waals surface area contributed by atoms with Crippen LogP contribution in [0, 0.1) is 6.92 Å². The normalized spacial score (nSPS) is 17.2. The highest BCUT2D eigenvalue weighted by atomic mass is 32.1. The molecular weight excluding hydrogens is 286 g/mol. The molecule has 1 N–H and O–H groups in total. The molecule has 1 fully saturated rings. The van der Waals surface area contributed by atoms with E-state index in [1.807, 2.05) is 29.7 Å². The van der Waals surface area contributed by atoms with Gasteiger partial charge < -0.3 is 5.32 Å². The first-order valence-corrected chi connectivity index (χ1v) is 8.83. The highest BCUT2D eigenvalue weighted by molar-refractivity contribution is 7.12. The van der Waals surface area contributed by atoms with Gasteiger partial charge in [-0.2, -0.15) is 0 Å². The van der Waals surface area contributed by atoms with Gasteiger partial charge >= 0.3 is 0 Å². The van der Waals surface area contributed by atoms with Crippen LogP contribution in [0.25, 0.3) is 0 Å². The Morgan fingerprint density at radius 3 is 2.75 bits per heavy atom. The van der Waals surface area contributed by atoms with Crippen LogP contribution in [0.2, 0.25) is 0 Å². The van der Waals surface area contributed by atoms with Crippen LogP contribution < -0.4 is 5.32 Å². The lowest BCUT2D eigenvalue weighted by Gasteiger charge is -2.28. The number of hydrogen-bond donors (Lipinski definition) is 1. The van der Waals surface area contributed by atoms with Gasteiger partial charge in [0.15, 0.2) is 0 Å². The lowest BCUT2D eigenvalue weighted by atomic mass is 9.84. The number of aryl methyl sites for hydroxylation is 1. The molecule has 106 valence electrons. The van der Waals surface area contributed by atoms with Crippen molar-refractivity contribution in [3.63, 3.8) is 0 Å². The first-order valence-electron chi connectivity index (χ1n) is 7.07. The van der Waals surface area contributed by atoms with Crippen molar-refractivity contribution in [1.29, 1.82) is 0 Å². The maximum absolute atomic E-state index is 12.2. The number of thiophene rings is 2. The molecule has 1 amide bonds. The maximum atomic E-state index is 12.2. The molecule has 20 heavy (non-hydrogen) atoms. The quantitative estimate of drug-likeness (QED) is 0.893. The molecule has 1 aliphatic rings. The average molecular weight is 305 g/mol. The third-order valence-electron chi connectivity index (χ3n) is 4.15. The molecule has 1 saturated carbocycles. The zero-order chi connectivity index (χ0) is 14.0. The predicted molar refractivity (Wildman–Crippen MR) is 85.9 cm³/mol. The Balaban J connectivity index is 1.71. The van der Waals surface area contributed by atoms with Crippen LogP contribution in [-0.4, -0.2) is 12.5 Å². The molecule has 3 rings (SSSR count). The maximum Gasteiger partial charge on any atom is 0.261 e. The minimum Gasteiger partial charge on any atom is -0.350 e. The molecule has 0 atom stereocenters. The van der Waals surface area contributed by atoms with Crippen LogP contribution in [0.4, 0.5) is 0 Å². The first-order chi connectivity index (χ1) is 9.70. The van der Waals surface area contributed by atoms with Crippen LogP contribution in [-0.2, 0) is 5.41 Å². The Hall–Kier alpha value is -1.13. The summed E-state index contributed by atoms with van der Waals surface area (Å²) in [4.78, 5) is 14.5. The van der Waals surface area contributed by atoms with Crippen molar-refractivity contribution in [1.82, 2.24) is 5.32 Å². The highest BCUT2D eigenvalue weighted by Gasteiger charge is 2.36. The van der Waals surface area contributed by atoms with E-state index in [-0.39, 0.29) is 11.3 Å². The molecule has 0 saturated heterocycles. The topological polar surface area (TPSA) is 29.1 Å². The molecule has 2 heterocycles. The third-order valence-corrected chi connectivity index (χ3v) is 6.31. The molecule has 0 aromatic carbocycles. The van der Waals surface area contributed by atoms with E-state index in [1.54, 1.807) is 0 Å². The van der Waals surface area contributed by atoms with Crippen molar-refractivity contribution < 1.29 is 4.79 Å². The molecule has 2 nitrogen and oxygen atoms in total. The Morgan fingerprint density at radius 2 is 2.15 bits per heavy atom. The predicted octanol–water partition coefficient (Wildman–Crippen LogP) is 4.36. The van der Waals surface area contributed by atoms with Crippen molar-refractivity contribution in [3.8, 4) is 0 Å². The molecular formula is C16H19NOS2. The van der Waals surface area contributed by atoms with Gasteiger partial charge in [-0.3, -0.25) is 4.79 Å². The molecule has 2 aromatic rings. The van der Waals surface area contributed by atoms with E-state index in [0.29, 0.717) is 0 Å². The summed E-state index contributed by atoms with van der Waals surface area (Å²) >= 11 is 3.35. The van der Waals surface area contributed by atoms with E-state index in [2.05, 4.69) is 22.8 Å². The van der Waals surface area contributed by atoms with Crippen molar-refractivity contribution in [2.75, 3.05) is 6.54 Å². The molecule has 2 aromatic heterocycles. The number of nitrogens with one attached hydrogen (secondary N) is 1. The van der Waals surface area contributed by atoms with Gasteiger partial charge in [0, 0.05) is 16.8 Å². The van der Waals surface area contributed by atoms with E-state index >= 15 is 0 Å². The minimum atomic E-state index is 0.0749. The van der Waals surface area contributed by atoms with Gasteiger partial charge in [-0.15, -0.1) is 22.7 Å². The van der Waals surface area contributed by atoms with Crippen molar-refractivity contribution in [2.45, 2.75) is 38.0 Å². The smallest absolute Gasteiger partial charge is 0.261 e. The van der Waals surface area contributed by atoms with Crippen LogP contribution in [0.1, 0.15) is 45.8 Å². The fourth-order valence-electron chi connectivity index (χ4n) is 3.03. The van der Waals surface area contributed by atoms with Crippen molar-refractivity contribution in [2.24, 2.45) is 0 Å². The summed E-state index contributed by atoms with van der Waals surface area (Å²) in [6.07, 6.45) is 4.92. The van der Waals surface area contributed by atoms with E-state index in [4.69, 9.17) is 0 Å². The number of carbonyl (C=O) groups excluding carboxylic acids is 1. The minimum absolute atomic E-state index is 0.0749. The van der Waals surface area contributed by atoms with E-state index in [0.717, 1.165) is 17.0 Å². The SMILES string of the molecule is Cc1csc(C(=O)NCC2(c3cccs3)CCCC2)c1. The van der Waals surface area contributed by atoms with Crippen molar-refractivity contribution >= 4 is 28.6 Å². The number of carbonyl (C=O) groups is 1. The van der Waals surface area contributed by atoms with Gasteiger partial charge in [-0.25, -0.2) is 0 Å². The lowest BCUT2D eigenvalue weighted by molar-refractivity contribution is 0.0947. The van der Waals surface area contributed by atoms with Gasteiger partial charge in [0.2, 0.25) is 0 Å². The summed E-state index contributed by atoms with van der Waals surface area (Å²) in [5.41, 5.74) is 1.34. The van der Waals surface area contributed by atoms with Gasteiger partial charge in [0.1, 0.15) is 0 Å². The van der Waals surface area contributed by atoms with Crippen molar-refractivity contribution in [3.05, 3.63) is 44.3 Å². The van der Waals surface area contributed by atoms with Crippen LogP contribution in [0.5, 0.6) is 0 Å². The summed E-state index contributed by atoms with van der Waals surface area (Å²) in [5, 5.41) is 7.33. The van der Waals surface area contributed by atoms with E-state index in [9.17, 15) is 4.79 Å². The second kappa shape index (κ2) is 5.70. The van der Waals surface area contributed by atoms with Gasteiger partial charge in [0.05, 0.1) is 4.88 Å². The Morgan fingerprint density at radius 1 is 1.35 bits per heavy atom. The summed E-state index contributed by atoms with van der Waals surface area (Å²) < 4.78 is 0. The molecule has 0 spiro atoms. The molecule has 0 aliphatic heterocycles. The fourth-order valence-corrected chi connectivity index (χ4v) is 4.83. The Labute approximate surface area is 127 Å². The van der Waals surface area contributed by atoms with Gasteiger partial charge in [-0.1, -0.05) is 18.9 Å². The summed E-state index contributed by atoms with van der Waals surface area (Å²) in [6, 6.07) is 6.30. The molecule has 0 radical (unpaired) electrons. The molecule has 1 aliphatic carbocycles. The highest BCUT2D eigenvalue weighted by Crippen LogP contribution is 2.42. The lowest BCUT2D eigenvalue weighted by Crippen LogP contribution is -2.38. The van der Waals surface area contributed by atoms with Gasteiger partial charge in [-0.05, 0) is 48.2 Å². The number of rotatable bonds is 4. The Bertz CT molecular complexity index is 579. The zero-order valence-corrected chi connectivity index (χ0v) is 13.3. The molecule has 0 unspecified atom stereocenters. The van der Waals surface area contributed by atoms with E-state index < -0.39 is 0 Å². The first kappa shape index (κ1) is 13.8. The second-order valence-corrected chi connectivity index (χ2v) is 7.49. The average Bonchev–Trinajstić information content (AvgIpc) is 3.17. The molecule has 0 bridgehead atoms. The van der Waals surface area contributed by atoms with Crippen LogP contribution >= 0.6 is 22.7 Å². The monoisotopic (exact) mass is 305 g/mol. The van der Waals surface area contributed by atoms with Crippen LogP contribution in [0.3, 0.4) is 0 Å². The van der Waals surface area contributed by atoms with E-state index in [1.165, 1.54) is 41.9 Å². The van der Waals surface area contributed by atoms with Gasteiger partial charge in [0.25, 0.3) is 5.91 Å². The standard InChI is InChI=1S/C16H19NOS2/c1-12-9-13(20-10-12)15(18)17-11-16(6-2-3-7-16)14-5-4-8-19-14/h4-5,8-10H,2-3,6-7,11H2,1H3,(H,17,18). The fraction of sp³-hybridized carbons (Fsp3) is 0.438. The summed E-state index contributed by atoms with van der Waals surface area (Å²) in [5.74, 6) is 0.0749. The van der Waals surface area contributed by atoms with Crippen LogP contribution in [0.15, 0.2) is 29.0 Å².